The van der Waals surface area contributed by atoms with Crippen molar-refractivity contribution < 1.29 is 9.47 Å². The van der Waals surface area contributed by atoms with Gasteiger partial charge in [-0.3, -0.25) is 0 Å². The second-order valence-corrected chi connectivity index (χ2v) is 6.28. The van der Waals surface area contributed by atoms with Crippen LogP contribution in [0.25, 0.3) is 0 Å². The highest BCUT2D eigenvalue weighted by atomic mass is 79.9. The van der Waals surface area contributed by atoms with Crippen molar-refractivity contribution in [2.75, 3.05) is 27.3 Å². The Morgan fingerprint density at radius 1 is 1.15 bits per heavy atom. The molecule has 1 aromatic rings. The summed E-state index contributed by atoms with van der Waals surface area (Å²) >= 11 is 3.56. The number of hydrogen-bond donors (Lipinski definition) is 1. The number of benzene rings is 1. The molecule has 0 saturated carbocycles. The number of ether oxygens (including phenoxy) is 2. The smallest absolute Gasteiger partial charge is 0.140 e. The Hall–Kier alpha value is -0.740. The molecule has 20 heavy (non-hydrogen) atoms. The van der Waals surface area contributed by atoms with E-state index >= 15 is 0 Å². The zero-order chi connectivity index (χ0) is 15.1. The van der Waals surface area contributed by atoms with Crippen LogP contribution in [0, 0.1) is 5.92 Å². The fraction of sp³-hybridized carbons (Fsp3) is 0.625. The summed E-state index contributed by atoms with van der Waals surface area (Å²) in [6.45, 7) is 8.76. The Balaban J connectivity index is 2.72. The molecule has 0 amide bonds. The molecule has 0 fully saturated rings. The third-order valence-corrected chi connectivity index (χ3v) is 4.10. The maximum absolute atomic E-state index is 5.54. The lowest BCUT2D eigenvalue weighted by Gasteiger charge is -2.19. The summed E-state index contributed by atoms with van der Waals surface area (Å²) in [5.41, 5.74) is 1.21. The van der Waals surface area contributed by atoms with Gasteiger partial charge in [-0.05, 0) is 58.9 Å². The minimum atomic E-state index is 0.437. The predicted molar refractivity (Wildman–Crippen MR) is 88.0 cm³/mol. The molecule has 1 rings (SSSR count). The molecule has 0 bridgehead atoms. The normalized spacial score (nSPS) is 12.6. The molecule has 1 N–H and O–H groups in total. The maximum Gasteiger partial charge on any atom is 0.140 e. The standard InChI is InChI=1S/C16H26BrNO2/c1-11(2)10-18-9-8-12(3)13-6-7-14(19-4)15(17)16(13)20-5/h6-7,11-12,18H,8-10H2,1-5H3. The van der Waals surface area contributed by atoms with E-state index in [9.17, 15) is 0 Å². The molecule has 0 heterocycles. The minimum absolute atomic E-state index is 0.437. The summed E-state index contributed by atoms with van der Waals surface area (Å²) in [7, 11) is 3.37. The molecule has 114 valence electrons. The first-order chi connectivity index (χ1) is 9.51. The number of nitrogens with one attached hydrogen (secondary N) is 1. The Bertz CT molecular complexity index is 421. The summed E-state index contributed by atoms with van der Waals surface area (Å²) in [6, 6.07) is 4.08. The Kier molecular flexibility index (Phi) is 7.38. The number of halogens is 1. The van der Waals surface area contributed by atoms with E-state index in [0.717, 1.165) is 35.5 Å². The van der Waals surface area contributed by atoms with Crippen LogP contribution < -0.4 is 14.8 Å². The molecule has 0 aromatic heterocycles. The molecule has 3 nitrogen and oxygen atoms in total. The Morgan fingerprint density at radius 3 is 2.40 bits per heavy atom. The van der Waals surface area contributed by atoms with Crippen LogP contribution in [0.5, 0.6) is 11.5 Å². The first-order valence-electron chi connectivity index (χ1n) is 7.12. The second kappa shape index (κ2) is 8.53. The van der Waals surface area contributed by atoms with Crippen molar-refractivity contribution in [2.24, 2.45) is 5.92 Å². The van der Waals surface area contributed by atoms with E-state index in [2.05, 4.69) is 48.1 Å². The van der Waals surface area contributed by atoms with Crippen LogP contribution in [0.15, 0.2) is 16.6 Å². The molecule has 1 unspecified atom stereocenters. The van der Waals surface area contributed by atoms with Gasteiger partial charge in [-0.25, -0.2) is 0 Å². The summed E-state index contributed by atoms with van der Waals surface area (Å²) < 4.78 is 11.7. The molecule has 0 aliphatic rings. The van der Waals surface area contributed by atoms with Gasteiger partial charge in [0.15, 0.2) is 0 Å². The highest BCUT2D eigenvalue weighted by Gasteiger charge is 2.17. The Morgan fingerprint density at radius 2 is 1.85 bits per heavy atom. The minimum Gasteiger partial charge on any atom is -0.495 e. The van der Waals surface area contributed by atoms with Gasteiger partial charge in [0, 0.05) is 0 Å². The van der Waals surface area contributed by atoms with Gasteiger partial charge in [0.25, 0.3) is 0 Å². The zero-order valence-electron chi connectivity index (χ0n) is 13.1. The molecule has 0 saturated heterocycles. The molecular weight excluding hydrogens is 318 g/mol. The molecule has 0 spiro atoms. The van der Waals surface area contributed by atoms with Crippen molar-refractivity contribution in [1.29, 1.82) is 0 Å². The third-order valence-electron chi connectivity index (χ3n) is 3.35. The predicted octanol–water partition coefficient (Wildman–Crippen LogP) is 4.21. The maximum atomic E-state index is 5.54. The number of hydrogen-bond acceptors (Lipinski definition) is 3. The average molecular weight is 344 g/mol. The van der Waals surface area contributed by atoms with Gasteiger partial charge in [0.2, 0.25) is 0 Å². The molecule has 0 aliphatic heterocycles. The topological polar surface area (TPSA) is 30.5 Å². The molecule has 0 aliphatic carbocycles. The van der Waals surface area contributed by atoms with Crippen LogP contribution in [0.2, 0.25) is 0 Å². The monoisotopic (exact) mass is 343 g/mol. The summed E-state index contributed by atoms with van der Waals surface area (Å²) in [5, 5.41) is 3.48. The second-order valence-electron chi connectivity index (χ2n) is 5.49. The molecule has 0 radical (unpaired) electrons. The third kappa shape index (κ3) is 4.67. The molecule has 1 aromatic carbocycles. The van der Waals surface area contributed by atoms with Gasteiger partial charge in [0.05, 0.1) is 14.2 Å². The lowest BCUT2D eigenvalue weighted by atomic mass is 9.96. The summed E-state index contributed by atoms with van der Waals surface area (Å²) in [5.74, 6) is 2.80. The summed E-state index contributed by atoms with van der Waals surface area (Å²) in [4.78, 5) is 0. The van der Waals surface area contributed by atoms with E-state index < -0.39 is 0 Å². The quantitative estimate of drug-likeness (QED) is 0.717. The van der Waals surface area contributed by atoms with Crippen molar-refractivity contribution >= 4 is 15.9 Å². The van der Waals surface area contributed by atoms with E-state index in [1.165, 1.54) is 5.56 Å². The van der Waals surface area contributed by atoms with Gasteiger partial charge >= 0.3 is 0 Å². The number of methoxy groups -OCH3 is 2. The van der Waals surface area contributed by atoms with Crippen molar-refractivity contribution in [1.82, 2.24) is 5.32 Å². The van der Waals surface area contributed by atoms with Crippen molar-refractivity contribution in [2.45, 2.75) is 33.1 Å². The van der Waals surface area contributed by atoms with Gasteiger partial charge in [-0.15, -0.1) is 0 Å². The fourth-order valence-corrected chi connectivity index (χ4v) is 2.86. The molecule has 4 heteroatoms. The molecule has 1 atom stereocenters. The average Bonchev–Trinajstić information content (AvgIpc) is 2.42. The summed E-state index contributed by atoms with van der Waals surface area (Å²) in [6.07, 6.45) is 1.09. The molecular formula is C16H26BrNO2. The lowest BCUT2D eigenvalue weighted by molar-refractivity contribution is 0.383. The van der Waals surface area contributed by atoms with Crippen LogP contribution in [0.3, 0.4) is 0 Å². The van der Waals surface area contributed by atoms with Crippen molar-refractivity contribution in [3.8, 4) is 11.5 Å². The van der Waals surface area contributed by atoms with Gasteiger partial charge in [-0.2, -0.15) is 0 Å². The van der Waals surface area contributed by atoms with Gasteiger partial charge in [-0.1, -0.05) is 26.8 Å². The number of rotatable bonds is 8. The van der Waals surface area contributed by atoms with E-state index in [4.69, 9.17) is 9.47 Å². The zero-order valence-corrected chi connectivity index (χ0v) is 14.7. The Labute approximate surface area is 131 Å². The van der Waals surface area contributed by atoms with E-state index in [-0.39, 0.29) is 0 Å². The highest BCUT2D eigenvalue weighted by molar-refractivity contribution is 9.10. The lowest BCUT2D eigenvalue weighted by Crippen LogP contribution is -2.21. The van der Waals surface area contributed by atoms with E-state index in [0.29, 0.717) is 11.8 Å². The van der Waals surface area contributed by atoms with Crippen LogP contribution in [-0.2, 0) is 0 Å². The van der Waals surface area contributed by atoms with Gasteiger partial charge in [0.1, 0.15) is 16.0 Å². The highest BCUT2D eigenvalue weighted by Crippen LogP contribution is 2.40. The van der Waals surface area contributed by atoms with Crippen molar-refractivity contribution in [3.05, 3.63) is 22.2 Å². The first-order valence-corrected chi connectivity index (χ1v) is 7.91. The first kappa shape index (κ1) is 17.3. The largest absolute Gasteiger partial charge is 0.495 e. The van der Waals surface area contributed by atoms with Crippen LogP contribution in [0.1, 0.15) is 38.7 Å². The van der Waals surface area contributed by atoms with Crippen LogP contribution in [0.4, 0.5) is 0 Å². The van der Waals surface area contributed by atoms with E-state index in [1.807, 2.05) is 6.07 Å². The van der Waals surface area contributed by atoms with Crippen LogP contribution in [-0.4, -0.2) is 27.3 Å². The fourth-order valence-electron chi connectivity index (χ4n) is 2.17. The van der Waals surface area contributed by atoms with Crippen LogP contribution >= 0.6 is 15.9 Å². The van der Waals surface area contributed by atoms with E-state index in [1.54, 1.807) is 14.2 Å². The van der Waals surface area contributed by atoms with Gasteiger partial charge < -0.3 is 14.8 Å². The van der Waals surface area contributed by atoms with Crippen molar-refractivity contribution in [3.63, 3.8) is 0 Å². The SMILES string of the molecule is COc1ccc(C(C)CCNCC(C)C)c(OC)c1Br.